The molecule has 1 fully saturated rings. The van der Waals surface area contributed by atoms with Crippen LogP contribution in [0.5, 0.6) is 0 Å². The van der Waals surface area contributed by atoms with E-state index < -0.39 is 25.9 Å². The third kappa shape index (κ3) is 4.90. The Bertz CT molecular complexity index is 1370. The average molecular weight is 496 g/mol. The third-order valence-electron chi connectivity index (χ3n) is 5.38. The molecular weight excluding hydrogens is 473 g/mol. The molecule has 1 saturated heterocycles. The van der Waals surface area contributed by atoms with Gasteiger partial charge in [-0.25, -0.2) is 30.9 Å². The van der Waals surface area contributed by atoms with Crippen LogP contribution in [0.2, 0.25) is 0 Å². The maximum Gasteiger partial charge on any atom is 0.245 e. The summed E-state index contributed by atoms with van der Waals surface area (Å²) >= 11 is 0. The highest BCUT2D eigenvalue weighted by Gasteiger charge is 2.31. The fourth-order valence-electron chi connectivity index (χ4n) is 3.61. The first-order valence-electron chi connectivity index (χ1n) is 10.1. The number of hydrogen-bond donors (Lipinski definition) is 2. The Balaban J connectivity index is 1.31. The van der Waals surface area contributed by atoms with E-state index in [1.54, 1.807) is 18.3 Å². The SMILES string of the molecule is O=C(CCNS(=O)(=O)c1ccc(F)cc1)N1CCN(S(=O)(=O)c2c[nH]c3ncccc23)CC1. The Kier molecular flexibility index (Phi) is 6.47. The number of aromatic nitrogens is 2. The Labute approximate surface area is 190 Å². The summed E-state index contributed by atoms with van der Waals surface area (Å²) in [7, 11) is -7.62. The van der Waals surface area contributed by atoms with Gasteiger partial charge in [-0.1, -0.05) is 0 Å². The van der Waals surface area contributed by atoms with Crippen LogP contribution in [0.4, 0.5) is 4.39 Å². The summed E-state index contributed by atoms with van der Waals surface area (Å²) < 4.78 is 67.2. The van der Waals surface area contributed by atoms with Crippen molar-refractivity contribution in [1.29, 1.82) is 0 Å². The minimum absolute atomic E-state index is 0.0821. The average Bonchev–Trinajstić information content (AvgIpc) is 3.24. The van der Waals surface area contributed by atoms with Crippen molar-refractivity contribution >= 4 is 37.0 Å². The largest absolute Gasteiger partial charge is 0.345 e. The second kappa shape index (κ2) is 9.17. The number of halogens is 1. The zero-order chi connectivity index (χ0) is 23.6. The van der Waals surface area contributed by atoms with Crippen LogP contribution >= 0.6 is 0 Å². The molecule has 3 aromatic rings. The number of fused-ring (bicyclic) bond motifs is 1. The monoisotopic (exact) mass is 495 g/mol. The van der Waals surface area contributed by atoms with Crippen molar-refractivity contribution in [3.8, 4) is 0 Å². The van der Waals surface area contributed by atoms with Gasteiger partial charge in [0.15, 0.2) is 0 Å². The number of pyridine rings is 1. The Morgan fingerprint density at radius 1 is 1.06 bits per heavy atom. The maximum absolute atomic E-state index is 13.1. The molecule has 1 aliphatic rings. The van der Waals surface area contributed by atoms with Crippen LogP contribution in [0.15, 0.2) is 58.6 Å². The molecular formula is C20H22FN5O5S2. The molecule has 13 heteroatoms. The first-order chi connectivity index (χ1) is 15.7. The molecule has 1 aliphatic heterocycles. The summed E-state index contributed by atoms with van der Waals surface area (Å²) in [4.78, 5) is 21.0. The lowest BCUT2D eigenvalue weighted by molar-refractivity contribution is -0.132. The van der Waals surface area contributed by atoms with Crippen molar-refractivity contribution in [2.45, 2.75) is 16.2 Å². The van der Waals surface area contributed by atoms with Gasteiger partial charge in [-0.3, -0.25) is 4.79 Å². The predicted octanol–water partition coefficient (Wildman–Crippen LogP) is 0.904. The summed E-state index contributed by atoms with van der Waals surface area (Å²) in [6.45, 7) is 0.525. The van der Waals surface area contributed by atoms with E-state index in [9.17, 15) is 26.0 Å². The van der Waals surface area contributed by atoms with Gasteiger partial charge in [0.1, 0.15) is 16.4 Å². The Morgan fingerprint density at radius 3 is 2.45 bits per heavy atom. The van der Waals surface area contributed by atoms with Crippen molar-refractivity contribution in [3.63, 3.8) is 0 Å². The van der Waals surface area contributed by atoms with E-state index in [2.05, 4.69) is 14.7 Å². The van der Waals surface area contributed by atoms with Crippen LogP contribution in [-0.2, 0) is 24.8 Å². The van der Waals surface area contributed by atoms with Gasteiger partial charge in [-0.2, -0.15) is 4.31 Å². The van der Waals surface area contributed by atoms with Crippen LogP contribution in [0.25, 0.3) is 11.0 Å². The highest BCUT2D eigenvalue weighted by Crippen LogP contribution is 2.25. The number of nitrogens with zero attached hydrogens (tertiary/aromatic N) is 3. The quantitative estimate of drug-likeness (QED) is 0.501. The summed E-state index contributed by atoms with van der Waals surface area (Å²) in [5, 5.41) is 0.504. The predicted molar refractivity (Wildman–Crippen MR) is 118 cm³/mol. The normalized spacial score (nSPS) is 15.7. The lowest BCUT2D eigenvalue weighted by Gasteiger charge is -2.34. The smallest absolute Gasteiger partial charge is 0.245 e. The summed E-state index contributed by atoms with van der Waals surface area (Å²) in [5.41, 5.74) is 0.480. The fraction of sp³-hybridized carbons (Fsp3) is 0.300. The number of carbonyl (C=O) groups excluding carboxylic acids is 1. The first-order valence-corrected chi connectivity index (χ1v) is 13.1. The van der Waals surface area contributed by atoms with Gasteiger partial charge in [0.2, 0.25) is 26.0 Å². The molecule has 2 aromatic heterocycles. The number of benzene rings is 1. The molecule has 4 rings (SSSR count). The molecule has 3 heterocycles. The molecule has 1 aromatic carbocycles. The van der Waals surface area contributed by atoms with Gasteiger partial charge >= 0.3 is 0 Å². The molecule has 0 radical (unpaired) electrons. The summed E-state index contributed by atoms with van der Waals surface area (Å²) in [6.07, 6.45) is 2.90. The molecule has 0 unspecified atom stereocenters. The summed E-state index contributed by atoms with van der Waals surface area (Å²) in [6, 6.07) is 7.71. The molecule has 1 amide bonds. The van der Waals surface area contributed by atoms with Crippen molar-refractivity contribution in [3.05, 3.63) is 54.6 Å². The Hall–Kier alpha value is -2.87. The number of nitrogens with one attached hydrogen (secondary N) is 2. The van der Waals surface area contributed by atoms with Gasteiger partial charge < -0.3 is 9.88 Å². The number of aromatic amines is 1. The standard InChI is InChI=1S/C20H22FN5O5S2/c21-15-3-5-16(6-4-15)32(28,29)24-9-7-19(27)25-10-12-26(13-11-25)33(30,31)18-14-23-20-17(18)2-1-8-22-20/h1-6,8,14,24H,7,9-13H2,(H,22,23). The maximum atomic E-state index is 13.1. The van der Waals surface area contributed by atoms with E-state index >= 15 is 0 Å². The molecule has 0 bridgehead atoms. The van der Waals surface area contributed by atoms with Crippen LogP contribution in [0.3, 0.4) is 0 Å². The number of rotatable bonds is 7. The lowest BCUT2D eigenvalue weighted by Crippen LogP contribution is -2.50. The molecule has 0 saturated carbocycles. The highest BCUT2D eigenvalue weighted by molar-refractivity contribution is 7.89. The minimum atomic E-state index is -3.86. The van der Waals surface area contributed by atoms with Crippen molar-refractivity contribution in [2.75, 3.05) is 32.7 Å². The van der Waals surface area contributed by atoms with Crippen LogP contribution < -0.4 is 4.72 Å². The van der Waals surface area contributed by atoms with E-state index in [0.717, 1.165) is 24.3 Å². The topological polar surface area (TPSA) is 133 Å². The number of carbonyl (C=O) groups is 1. The number of piperazine rings is 1. The molecule has 2 N–H and O–H groups in total. The molecule has 0 atom stereocenters. The minimum Gasteiger partial charge on any atom is -0.345 e. The zero-order valence-electron chi connectivity index (χ0n) is 17.4. The Morgan fingerprint density at radius 2 is 1.76 bits per heavy atom. The molecule has 0 spiro atoms. The van der Waals surface area contributed by atoms with Crippen LogP contribution in [0.1, 0.15) is 6.42 Å². The molecule has 176 valence electrons. The van der Waals surface area contributed by atoms with Gasteiger partial charge in [0.25, 0.3) is 0 Å². The van der Waals surface area contributed by atoms with E-state index in [0.29, 0.717) is 11.0 Å². The number of sulfonamides is 2. The molecule has 33 heavy (non-hydrogen) atoms. The number of hydrogen-bond acceptors (Lipinski definition) is 6. The first kappa shape index (κ1) is 23.3. The van der Waals surface area contributed by atoms with Gasteiger partial charge in [0.05, 0.1) is 4.90 Å². The van der Waals surface area contributed by atoms with E-state index in [1.165, 1.54) is 15.4 Å². The number of amides is 1. The zero-order valence-corrected chi connectivity index (χ0v) is 19.1. The van der Waals surface area contributed by atoms with E-state index in [1.807, 2.05) is 0 Å². The van der Waals surface area contributed by atoms with Gasteiger partial charge in [-0.15, -0.1) is 0 Å². The second-order valence-corrected chi connectivity index (χ2v) is 11.1. The van der Waals surface area contributed by atoms with Crippen LogP contribution in [-0.4, -0.2) is 74.6 Å². The van der Waals surface area contributed by atoms with Crippen molar-refractivity contribution < 1.29 is 26.0 Å². The molecule has 10 nitrogen and oxygen atoms in total. The van der Waals surface area contributed by atoms with Gasteiger partial charge in [-0.05, 0) is 36.4 Å². The highest BCUT2D eigenvalue weighted by atomic mass is 32.2. The molecule has 0 aliphatic carbocycles. The third-order valence-corrected chi connectivity index (χ3v) is 8.79. The van der Waals surface area contributed by atoms with Crippen molar-refractivity contribution in [2.24, 2.45) is 0 Å². The lowest BCUT2D eigenvalue weighted by atomic mass is 10.3. The van der Waals surface area contributed by atoms with E-state index in [4.69, 9.17) is 0 Å². The van der Waals surface area contributed by atoms with Crippen molar-refractivity contribution in [1.82, 2.24) is 23.9 Å². The fourth-order valence-corrected chi connectivity index (χ4v) is 6.21. The second-order valence-electron chi connectivity index (χ2n) is 7.44. The number of H-pyrrole nitrogens is 1. The van der Waals surface area contributed by atoms with E-state index in [-0.39, 0.29) is 54.8 Å². The van der Waals surface area contributed by atoms with Crippen LogP contribution in [0, 0.1) is 5.82 Å². The summed E-state index contributed by atoms with van der Waals surface area (Å²) in [5.74, 6) is -0.836. The van der Waals surface area contributed by atoms with Gasteiger partial charge in [0, 0.05) is 56.9 Å².